The molecule has 1 atom stereocenters. The van der Waals surface area contributed by atoms with Gasteiger partial charge in [0.1, 0.15) is 0 Å². The second-order valence-electron chi connectivity index (χ2n) is 2.86. The number of unbranched alkanes of at least 4 members (excludes halogenated alkanes) is 1. The van der Waals surface area contributed by atoms with Crippen molar-refractivity contribution in [1.82, 2.24) is 0 Å². The molecule has 1 unspecified atom stereocenters. The Morgan fingerprint density at radius 3 is 2.85 bits per heavy atom. The van der Waals surface area contributed by atoms with Gasteiger partial charge in [-0.15, -0.1) is 0 Å². The minimum atomic E-state index is -0.878. The lowest BCUT2D eigenvalue weighted by molar-refractivity contribution is 0.679. The summed E-state index contributed by atoms with van der Waals surface area (Å²) >= 11 is 5.79. The van der Waals surface area contributed by atoms with Crippen molar-refractivity contribution >= 4 is 22.4 Å². The topological polar surface area (TPSA) is 17.1 Å². The third kappa shape index (κ3) is 3.49. The number of hydrogen-bond acceptors (Lipinski definition) is 1. The molecule has 0 radical (unpaired) electrons. The Bertz CT molecular complexity index is 299. The molecule has 1 aromatic rings. The molecule has 0 saturated heterocycles. The maximum Gasteiger partial charge on any atom is 0.0530 e. The van der Waals surface area contributed by atoms with Gasteiger partial charge in [-0.25, -0.2) is 0 Å². The average Bonchev–Trinajstić information content (AvgIpc) is 2.14. The molecule has 0 saturated carbocycles. The van der Waals surface area contributed by atoms with Crippen LogP contribution in [0.1, 0.15) is 19.8 Å². The lowest BCUT2D eigenvalue weighted by atomic mass is 10.4. The van der Waals surface area contributed by atoms with Crippen molar-refractivity contribution in [3.8, 4) is 0 Å². The third-order valence-corrected chi connectivity index (χ3v) is 3.42. The molecule has 1 rings (SSSR count). The van der Waals surface area contributed by atoms with E-state index in [2.05, 4.69) is 6.92 Å². The molecular formula is C10H13ClOS. The highest BCUT2D eigenvalue weighted by molar-refractivity contribution is 7.85. The van der Waals surface area contributed by atoms with Crippen LogP contribution in [0.5, 0.6) is 0 Å². The van der Waals surface area contributed by atoms with Crippen molar-refractivity contribution in [2.75, 3.05) is 5.75 Å². The second-order valence-corrected chi connectivity index (χ2v) is 4.87. The van der Waals surface area contributed by atoms with Crippen molar-refractivity contribution < 1.29 is 4.21 Å². The summed E-state index contributed by atoms with van der Waals surface area (Å²) in [4.78, 5) is 0.834. The normalized spacial score (nSPS) is 12.8. The predicted octanol–water partition coefficient (Wildman–Crippen LogP) is 3.25. The van der Waals surface area contributed by atoms with E-state index in [1.165, 1.54) is 0 Å². The molecule has 0 spiro atoms. The van der Waals surface area contributed by atoms with Gasteiger partial charge in [-0.3, -0.25) is 4.21 Å². The molecule has 0 aromatic heterocycles. The molecule has 0 amide bonds. The summed E-state index contributed by atoms with van der Waals surface area (Å²) in [5, 5.41) is 0.655. The van der Waals surface area contributed by atoms with E-state index < -0.39 is 10.8 Å². The van der Waals surface area contributed by atoms with Gasteiger partial charge in [0.05, 0.1) is 10.8 Å². The van der Waals surface area contributed by atoms with Gasteiger partial charge in [0.25, 0.3) is 0 Å². The Morgan fingerprint density at radius 2 is 2.23 bits per heavy atom. The van der Waals surface area contributed by atoms with Crippen LogP contribution in [0.15, 0.2) is 29.2 Å². The van der Waals surface area contributed by atoms with Crippen LogP contribution in [-0.4, -0.2) is 9.96 Å². The molecule has 0 bridgehead atoms. The largest absolute Gasteiger partial charge is 0.254 e. The first kappa shape index (κ1) is 10.7. The van der Waals surface area contributed by atoms with E-state index >= 15 is 0 Å². The van der Waals surface area contributed by atoms with Crippen molar-refractivity contribution in [2.45, 2.75) is 24.7 Å². The van der Waals surface area contributed by atoms with Crippen LogP contribution in [0.2, 0.25) is 5.02 Å². The maximum absolute atomic E-state index is 11.6. The van der Waals surface area contributed by atoms with Gasteiger partial charge in [0.2, 0.25) is 0 Å². The Balaban J connectivity index is 2.66. The summed E-state index contributed by atoms with van der Waals surface area (Å²) in [6.45, 7) is 2.09. The molecule has 3 heteroatoms. The van der Waals surface area contributed by atoms with E-state index in [1.807, 2.05) is 12.1 Å². The second kappa shape index (κ2) is 5.40. The van der Waals surface area contributed by atoms with Gasteiger partial charge < -0.3 is 0 Å². The van der Waals surface area contributed by atoms with Crippen molar-refractivity contribution in [1.29, 1.82) is 0 Å². The van der Waals surface area contributed by atoms with Gasteiger partial charge in [-0.05, 0) is 24.6 Å². The first-order valence-corrected chi connectivity index (χ1v) is 6.07. The molecule has 0 aliphatic heterocycles. The zero-order valence-electron chi connectivity index (χ0n) is 7.63. The Labute approximate surface area is 86.6 Å². The summed E-state index contributed by atoms with van der Waals surface area (Å²) in [6, 6.07) is 7.26. The Morgan fingerprint density at radius 1 is 1.46 bits per heavy atom. The molecular weight excluding hydrogens is 204 g/mol. The SMILES string of the molecule is CCCCS(=O)c1cccc(Cl)c1. The van der Waals surface area contributed by atoms with Crippen LogP contribution in [0.3, 0.4) is 0 Å². The molecule has 13 heavy (non-hydrogen) atoms. The zero-order chi connectivity index (χ0) is 9.68. The summed E-state index contributed by atoms with van der Waals surface area (Å²) in [7, 11) is -0.878. The fourth-order valence-corrected chi connectivity index (χ4v) is 2.53. The number of hydrogen-bond donors (Lipinski definition) is 0. The molecule has 1 aromatic carbocycles. The highest BCUT2D eigenvalue weighted by Crippen LogP contribution is 2.14. The van der Waals surface area contributed by atoms with E-state index in [0.717, 1.165) is 23.5 Å². The van der Waals surface area contributed by atoms with Crippen molar-refractivity contribution in [2.24, 2.45) is 0 Å². The number of rotatable bonds is 4. The van der Waals surface area contributed by atoms with Gasteiger partial charge in [0.15, 0.2) is 0 Å². The van der Waals surface area contributed by atoms with E-state index in [0.29, 0.717) is 5.02 Å². The van der Waals surface area contributed by atoms with Crippen LogP contribution in [0, 0.1) is 0 Å². The Kier molecular flexibility index (Phi) is 4.46. The number of halogens is 1. The van der Waals surface area contributed by atoms with Crippen LogP contribution in [0.4, 0.5) is 0 Å². The highest BCUT2D eigenvalue weighted by atomic mass is 35.5. The third-order valence-electron chi connectivity index (χ3n) is 1.74. The molecule has 0 N–H and O–H groups in total. The molecule has 0 aliphatic carbocycles. The maximum atomic E-state index is 11.6. The van der Waals surface area contributed by atoms with Gasteiger partial charge in [0, 0.05) is 15.7 Å². The number of benzene rings is 1. The fourth-order valence-electron chi connectivity index (χ4n) is 1.00. The fraction of sp³-hybridized carbons (Fsp3) is 0.400. The first-order chi connectivity index (χ1) is 6.24. The molecule has 0 fully saturated rings. The quantitative estimate of drug-likeness (QED) is 0.755. The molecule has 72 valence electrons. The smallest absolute Gasteiger partial charge is 0.0530 e. The molecule has 0 aliphatic rings. The van der Waals surface area contributed by atoms with E-state index in [-0.39, 0.29) is 0 Å². The average molecular weight is 217 g/mol. The monoisotopic (exact) mass is 216 g/mol. The van der Waals surface area contributed by atoms with Gasteiger partial charge >= 0.3 is 0 Å². The van der Waals surface area contributed by atoms with Gasteiger partial charge in [-0.2, -0.15) is 0 Å². The van der Waals surface area contributed by atoms with E-state index in [1.54, 1.807) is 12.1 Å². The van der Waals surface area contributed by atoms with Gasteiger partial charge in [-0.1, -0.05) is 31.0 Å². The summed E-state index contributed by atoms with van der Waals surface area (Å²) in [5.74, 6) is 0.733. The zero-order valence-corrected chi connectivity index (χ0v) is 9.20. The minimum Gasteiger partial charge on any atom is -0.254 e. The molecule has 1 nitrogen and oxygen atoms in total. The first-order valence-electron chi connectivity index (χ1n) is 4.38. The Hall–Kier alpha value is -0.340. The summed E-state index contributed by atoms with van der Waals surface area (Å²) in [5.41, 5.74) is 0. The van der Waals surface area contributed by atoms with Crippen LogP contribution < -0.4 is 0 Å². The summed E-state index contributed by atoms with van der Waals surface area (Å²) in [6.07, 6.45) is 2.07. The highest BCUT2D eigenvalue weighted by Gasteiger charge is 2.02. The lowest BCUT2D eigenvalue weighted by Gasteiger charge is -2.00. The van der Waals surface area contributed by atoms with E-state index in [9.17, 15) is 4.21 Å². The van der Waals surface area contributed by atoms with Crippen molar-refractivity contribution in [3.63, 3.8) is 0 Å². The molecule has 0 heterocycles. The van der Waals surface area contributed by atoms with E-state index in [4.69, 9.17) is 11.6 Å². The standard InChI is InChI=1S/C10H13ClOS/c1-2-3-7-13(12)10-6-4-5-9(11)8-10/h4-6,8H,2-3,7H2,1H3. The lowest BCUT2D eigenvalue weighted by Crippen LogP contribution is -1.97. The minimum absolute atomic E-state index is 0.655. The van der Waals surface area contributed by atoms with Crippen LogP contribution in [-0.2, 0) is 10.8 Å². The van der Waals surface area contributed by atoms with Crippen LogP contribution >= 0.6 is 11.6 Å². The summed E-state index contributed by atoms with van der Waals surface area (Å²) < 4.78 is 11.6. The van der Waals surface area contributed by atoms with Crippen molar-refractivity contribution in [3.05, 3.63) is 29.3 Å². The van der Waals surface area contributed by atoms with Crippen LogP contribution in [0.25, 0.3) is 0 Å². The predicted molar refractivity (Wildman–Crippen MR) is 57.6 cm³/mol.